The van der Waals surface area contributed by atoms with Crippen LogP contribution < -0.4 is 14.8 Å². The molecule has 0 spiro atoms. The third-order valence-corrected chi connectivity index (χ3v) is 3.88. The maximum atomic E-state index is 12.3. The van der Waals surface area contributed by atoms with Crippen molar-refractivity contribution in [1.29, 1.82) is 0 Å². The van der Waals surface area contributed by atoms with Crippen molar-refractivity contribution < 1.29 is 14.3 Å². The standard InChI is InChI=1S/C16H23NO3/c1-4-6-13(11(3)5-2)17-16(18)12-7-8-14-15(9-12)20-10-19-14/h7-9,11,13H,4-6,10H2,1-3H3,(H,17,18). The Morgan fingerprint density at radius 3 is 2.75 bits per heavy atom. The molecule has 1 heterocycles. The summed E-state index contributed by atoms with van der Waals surface area (Å²) in [6.07, 6.45) is 3.13. The number of nitrogens with one attached hydrogen (secondary N) is 1. The summed E-state index contributed by atoms with van der Waals surface area (Å²) in [5.74, 6) is 1.79. The van der Waals surface area contributed by atoms with Gasteiger partial charge >= 0.3 is 0 Å². The van der Waals surface area contributed by atoms with E-state index in [1.807, 2.05) is 0 Å². The van der Waals surface area contributed by atoms with E-state index in [0.29, 0.717) is 23.0 Å². The van der Waals surface area contributed by atoms with Gasteiger partial charge in [-0.1, -0.05) is 33.6 Å². The van der Waals surface area contributed by atoms with Crippen molar-refractivity contribution in [3.05, 3.63) is 23.8 Å². The summed E-state index contributed by atoms with van der Waals surface area (Å²) in [7, 11) is 0. The number of carbonyl (C=O) groups is 1. The molecule has 0 aromatic heterocycles. The third-order valence-electron chi connectivity index (χ3n) is 3.88. The van der Waals surface area contributed by atoms with Gasteiger partial charge in [0.1, 0.15) is 0 Å². The van der Waals surface area contributed by atoms with Crippen LogP contribution in [0.15, 0.2) is 18.2 Å². The smallest absolute Gasteiger partial charge is 0.251 e. The number of carbonyl (C=O) groups excluding carboxylic acids is 1. The molecule has 1 N–H and O–H groups in total. The molecule has 1 aliphatic heterocycles. The molecule has 0 radical (unpaired) electrons. The fraction of sp³-hybridized carbons (Fsp3) is 0.562. The van der Waals surface area contributed by atoms with Crippen molar-refractivity contribution in [3.63, 3.8) is 0 Å². The Hall–Kier alpha value is -1.71. The Morgan fingerprint density at radius 2 is 2.05 bits per heavy atom. The second kappa shape index (κ2) is 6.64. The first kappa shape index (κ1) is 14.7. The van der Waals surface area contributed by atoms with Crippen LogP contribution in [0.3, 0.4) is 0 Å². The van der Waals surface area contributed by atoms with E-state index in [9.17, 15) is 4.79 Å². The first-order chi connectivity index (χ1) is 9.65. The molecule has 2 unspecified atom stereocenters. The van der Waals surface area contributed by atoms with E-state index in [1.165, 1.54) is 0 Å². The molecule has 1 aliphatic rings. The van der Waals surface area contributed by atoms with Gasteiger partial charge in [0, 0.05) is 11.6 Å². The minimum Gasteiger partial charge on any atom is -0.454 e. The lowest BCUT2D eigenvalue weighted by Crippen LogP contribution is -2.39. The summed E-state index contributed by atoms with van der Waals surface area (Å²) in [5, 5.41) is 3.14. The molecule has 4 nitrogen and oxygen atoms in total. The van der Waals surface area contributed by atoms with Gasteiger partial charge in [0.15, 0.2) is 11.5 Å². The zero-order chi connectivity index (χ0) is 14.5. The van der Waals surface area contributed by atoms with Crippen molar-refractivity contribution in [2.45, 2.75) is 46.1 Å². The van der Waals surface area contributed by atoms with Gasteiger partial charge in [-0.3, -0.25) is 4.79 Å². The van der Waals surface area contributed by atoms with Crippen molar-refractivity contribution in [2.75, 3.05) is 6.79 Å². The number of benzene rings is 1. The predicted molar refractivity (Wildman–Crippen MR) is 78.2 cm³/mol. The highest BCUT2D eigenvalue weighted by Gasteiger charge is 2.20. The van der Waals surface area contributed by atoms with Gasteiger partial charge in [0.2, 0.25) is 6.79 Å². The highest BCUT2D eigenvalue weighted by atomic mass is 16.7. The first-order valence-electron chi connectivity index (χ1n) is 7.36. The van der Waals surface area contributed by atoms with E-state index in [0.717, 1.165) is 19.3 Å². The second-order valence-corrected chi connectivity index (χ2v) is 5.32. The Balaban J connectivity index is 2.06. The average Bonchev–Trinajstić information content (AvgIpc) is 2.93. The highest BCUT2D eigenvalue weighted by Crippen LogP contribution is 2.32. The number of hydrogen-bond donors (Lipinski definition) is 1. The largest absolute Gasteiger partial charge is 0.454 e. The van der Waals surface area contributed by atoms with Crippen molar-refractivity contribution in [1.82, 2.24) is 5.32 Å². The topological polar surface area (TPSA) is 47.6 Å². The van der Waals surface area contributed by atoms with Crippen LogP contribution >= 0.6 is 0 Å². The zero-order valence-corrected chi connectivity index (χ0v) is 12.4. The number of fused-ring (bicyclic) bond motifs is 1. The van der Waals surface area contributed by atoms with Crippen molar-refractivity contribution >= 4 is 5.91 Å². The Labute approximate surface area is 120 Å². The van der Waals surface area contributed by atoms with E-state index < -0.39 is 0 Å². The van der Waals surface area contributed by atoms with E-state index in [-0.39, 0.29) is 18.7 Å². The summed E-state index contributed by atoms with van der Waals surface area (Å²) in [6.45, 7) is 6.70. The number of hydrogen-bond acceptors (Lipinski definition) is 3. The maximum absolute atomic E-state index is 12.3. The van der Waals surface area contributed by atoms with Gasteiger partial charge in [-0.2, -0.15) is 0 Å². The van der Waals surface area contributed by atoms with Crippen LogP contribution in [-0.2, 0) is 0 Å². The van der Waals surface area contributed by atoms with Crippen LogP contribution in [0.1, 0.15) is 50.4 Å². The molecule has 2 rings (SSSR count). The van der Waals surface area contributed by atoms with Crippen molar-refractivity contribution in [3.8, 4) is 11.5 Å². The minimum absolute atomic E-state index is 0.0398. The van der Waals surface area contributed by atoms with Crippen molar-refractivity contribution in [2.24, 2.45) is 5.92 Å². The average molecular weight is 277 g/mol. The monoisotopic (exact) mass is 277 g/mol. The van der Waals surface area contributed by atoms with Gasteiger partial charge in [-0.15, -0.1) is 0 Å². The summed E-state index contributed by atoms with van der Waals surface area (Å²) in [4.78, 5) is 12.3. The van der Waals surface area contributed by atoms with Crippen LogP contribution in [0, 0.1) is 5.92 Å². The molecule has 0 saturated carbocycles. The number of ether oxygens (including phenoxy) is 2. The molecule has 20 heavy (non-hydrogen) atoms. The van der Waals surface area contributed by atoms with E-state index in [2.05, 4.69) is 26.1 Å². The van der Waals surface area contributed by atoms with Gasteiger partial charge in [0.05, 0.1) is 0 Å². The molecule has 0 aliphatic carbocycles. The van der Waals surface area contributed by atoms with Crippen LogP contribution in [0.2, 0.25) is 0 Å². The van der Waals surface area contributed by atoms with Crippen LogP contribution in [-0.4, -0.2) is 18.7 Å². The number of rotatable bonds is 6. The molecule has 1 aromatic rings. The molecule has 0 bridgehead atoms. The maximum Gasteiger partial charge on any atom is 0.251 e. The summed E-state index contributed by atoms with van der Waals surface area (Å²) in [6, 6.07) is 5.54. The zero-order valence-electron chi connectivity index (χ0n) is 12.4. The quantitative estimate of drug-likeness (QED) is 0.867. The summed E-state index contributed by atoms with van der Waals surface area (Å²) in [5.41, 5.74) is 0.624. The van der Waals surface area contributed by atoms with Crippen LogP contribution in [0.5, 0.6) is 11.5 Å². The molecule has 4 heteroatoms. The SMILES string of the molecule is CCCC(NC(=O)c1ccc2c(c1)OCO2)C(C)CC. The fourth-order valence-electron chi connectivity index (χ4n) is 2.38. The molecule has 0 fully saturated rings. The van der Waals surface area contributed by atoms with Gasteiger partial charge in [-0.05, 0) is 30.5 Å². The number of amides is 1. The third kappa shape index (κ3) is 3.24. The molecular formula is C16H23NO3. The predicted octanol–water partition coefficient (Wildman–Crippen LogP) is 3.36. The Bertz CT molecular complexity index is 473. The Morgan fingerprint density at radius 1 is 1.30 bits per heavy atom. The second-order valence-electron chi connectivity index (χ2n) is 5.32. The highest BCUT2D eigenvalue weighted by molar-refractivity contribution is 5.95. The first-order valence-corrected chi connectivity index (χ1v) is 7.36. The fourth-order valence-corrected chi connectivity index (χ4v) is 2.38. The summed E-state index contributed by atoms with van der Waals surface area (Å²) < 4.78 is 10.6. The molecule has 110 valence electrons. The molecular weight excluding hydrogens is 254 g/mol. The van der Waals surface area contributed by atoms with Gasteiger partial charge in [-0.25, -0.2) is 0 Å². The minimum atomic E-state index is -0.0398. The molecule has 2 atom stereocenters. The molecule has 1 amide bonds. The lowest BCUT2D eigenvalue weighted by Gasteiger charge is -2.24. The lowest BCUT2D eigenvalue weighted by atomic mass is 9.95. The normalized spacial score (nSPS) is 15.8. The van der Waals surface area contributed by atoms with Crippen LogP contribution in [0.25, 0.3) is 0 Å². The van der Waals surface area contributed by atoms with E-state index in [1.54, 1.807) is 18.2 Å². The Kier molecular flexibility index (Phi) is 4.88. The van der Waals surface area contributed by atoms with Gasteiger partial charge in [0.25, 0.3) is 5.91 Å². The van der Waals surface area contributed by atoms with Crippen LogP contribution in [0.4, 0.5) is 0 Å². The van der Waals surface area contributed by atoms with E-state index in [4.69, 9.17) is 9.47 Å². The molecule has 1 aromatic carbocycles. The molecule has 0 saturated heterocycles. The lowest BCUT2D eigenvalue weighted by molar-refractivity contribution is 0.0919. The summed E-state index contributed by atoms with van der Waals surface area (Å²) >= 11 is 0. The van der Waals surface area contributed by atoms with E-state index >= 15 is 0 Å². The van der Waals surface area contributed by atoms with Gasteiger partial charge < -0.3 is 14.8 Å².